The molecular weight excluding hydrogens is 315 g/mol. The zero-order chi connectivity index (χ0) is 17.2. The maximum atomic E-state index is 13.2. The molecule has 0 aliphatic heterocycles. The Bertz CT molecular complexity index is 957. The van der Waals surface area contributed by atoms with E-state index in [0.29, 0.717) is 0 Å². The molecule has 0 radical (unpaired) electrons. The van der Waals surface area contributed by atoms with Crippen LogP contribution in [0.25, 0.3) is 22.6 Å². The maximum Gasteiger partial charge on any atom is 0.123 e. The SMILES string of the molecule is C[C@H](c1ccc(F)cc1)n1cnc(-c2ccccc2)c1-c1cnc[nH]1. The normalized spacial score (nSPS) is 12.2. The van der Waals surface area contributed by atoms with Crippen LogP contribution in [0.5, 0.6) is 0 Å². The maximum absolute atomic E-state index is 13.2. The Balaban J connectivity index is 1.86. The minimum absolute atomic E-state index is 0.00358. The van der Waals surface area contributed by atoms with E-state index in [-0.39, 0.29) is 11.9 Å². The van der Waals surface area contributed by atoms with E-state index < -0.39 is 0 Å². The van der Waals surface area contributed by atoms with Crippen molar-refractivity contribution in [2.24, 2.45) is 0 Å². The zero-order valence-electron chi connectivity index (χ0n) is 13.7. The molecule has 124 valence electrons. The van der Waals surface area contributed by atoms with Crippen LogP contribution in [-0.2, 0) is 0 Å². The van der Waals surface area contributed by atoms with E-state index >= 15 is 0 Å². The molecule has 2 heterocycles. The third-order valence-electron chi connectivity index (χ3n) is 4.36. The molecule has 0 amide bonds. The van der Waals surface area contributed by atoms with Crippen molar-refractivity contribution >= 4 is 0 Å². The Morgan fingerprint density at radius 3 is 2.48 bits per heavy atom. The van der Waals surface area contributed by atoms with Gasteiger partial charge in [0.25, 0.3) is 0 Å². The number of hydrogen-bond acceptors (Lipinski definition) is 2. The van der Waals surface area contributed by atoms with Crippen LogP contribution in [0, 0.1) is 5.82 Å². The van der Waals surface area contributed by atoms with E-state index in [0.717, 1.165) is 28.2 Å². The molecule has 5 heteroatoms. The lowest BCUT2D eigenvalue weighted by molar-refractivity contribution is 0.617. The fourth-order valence-electron chi connectivity index (χ4n) is 3.02. The molecule has 25 heavy (non-hydrogen) atoms. The third-order valence-corrected chi connectivity index (χ3v) is 4.36. The van der Waals surface area contributed by atoms with Gasteiger partial charge < -0.3 is 9.55 Å². The molecule has 4 rings (SSSR count). The highest BCUT2D eigenvalue weighted by Crippen LogP contribution is 2.33. The number of aromatic nitrogens is 4. The summed E-state index contributed by atoms with van der Waals surface area (Å²) < 4.78 is 15.3. The summed E-state index contributed by atoms with van der Waals surface area (Å²) in [7, 11) is 0. The fraction of sp³-hybridized carbons (Fsp3) is 0.100. The number of nitrogens with zero attached hydrogens (tertiary/aromatic N) is 3. The first kappa shape index (κ1) is 15.3. The molecular formula is C20H17FN4. The summed E-state index contributed by atoms with van der Waals surface area (Å²) in [5, 5.41) is 0. The molecule has 2 aromatic heterocycles. The topological polar surface area (TPSA) is 46.5 Å². The van der Waals surface area contributed by atoms with Gasteiger partial charge in [0.05, 0.1) is 42.0 Å². The molecule has 0 aliphatic rings. The van der Waals surface area contributed by atoms with Crippen molar-refractivity contribution in [1.82, 2.24) is 19.5 Å². The highest BCUT2D eigenvalue weighted by molar-refractivity contribution is 5.76. The highest BCUT2D eigenvalue weighted by atomic mass is 19.1. The number of nitrogens with one attached hydrogen (secondary N) is 1. The molecule has 0 fully saturated rings. The van der Waals surface area contributed by atoms with E-state index in [1.807, 2.05) is 36.7 Å². The van der Waals surface area contributed by atoms with Crippen LogP contribution in [-0.4, -0.2) is 19.5 Å². The lowest BCUT2D eigenvalue weighted by Crippen LogP contribution is -2.07. The molecule has 1 atom stereocenters. The van der Waals surface area contributed by atoms with Gasteiger partial charge in [-0.1, -0.05) is 42.5 Å². The fourth-order valence-corrected chi connectivity index (χ4v) is 3.02. The third kappa shape index (κ3) is 2.85. The molecule has 0 aliphatic carbocycles. The predicted molar refractivity (Wildman–Crippen MR) is 95.5 cm³/mol. The number of hydrogen-bond donors (Lipinski definition) is 1. The molecule has 0 spiro atoms. The predicted octanol–water partition coefficient (Wildman–Crippen LogP) is 4.69. The van der Waals surface area contributed by atoms with Crippen molar-refractivity contribution in [2.75, 3.05) is 0 Å². The summed E-state index contributed by atoms with van der Waals surface area (Å²) in [5.41, 5.74) is 4.79. The zero-order valence-corrected chi connectivity index (χ0v) is 13.7. The van der Waals surface area contributed by atoms with Gasteiger partial charge >= 0.3 is 0 Å². The number of rotatable bonds is 4. The summed E-state index contributed by atoms with van der Waals surface area (Å²) in [6, 6.07) is 16.6. The molecule has 0 saturated heterocycles. The average Bonchev–Trinajstić information content (AvgIpc) is 3.32. The van der Waals surface area contributed by atoms with Crippen molar-refractivity contribution in [3.05, 3.63) is 84.8 Å². The Kier molecular flexibility index (Phi) is 3.90. The van der Waals surface area contributed by atoms with Crippen molar-refractivity contribution in [2.45, 2.75) is 13.0 Å². The molecule has 0 bridgehead atoms. The van der Waals surface area contributed by atoms with E-state index in [1.54, 1.807) is 24.7 Å². The van der Waals surface area contributed by atoms with Gasteiger partial charge in [-0.25, -0.2) is 14.4 Å². The molecule has 4 aromatic rings. The Hall–Kier alpha value is -3.21. The van der Waals surface area contributed by atoms with Crippen LogP contribution in [0.1, 0.15) is 18.5 Å². The summed E-state index contributed by atoms with van der Waals surface area (Å²) in [6.45, 7) is 2.07. The average molecular weight is 332 g/mol. The summed E-state index contributed by atoms with van der Waals surface area (Å²) in [6.07, 6.45) is 5.27. The minimum Gasteiger partial charge on any atom is -0.343 e. The van der Waals surface area contributed by atoms with Crippen molar-refractivity contribution in [1.29, 1.82) is 0 Å². The number of aromatic amines is 1. The second kappa shape index (κ2) is 6.36. The smallest absolute Gasteiger partial charge is 0.123 e. The van der Waals surface area contributed by atoms with Gasteiger partial charge in [0, 0.05) is 5.56 Å². The quantitative estimate of drug-likeness (QED) is 0.589. The van der Waals surface area contributed by atoms with Crippen LogP contribution in [0.15, 0.2) is 73.4 Å². The van der Waals surface area contributed by atoms with Crippen LogP contribution in [0.4, 0.5) is 4.39 Å². The second-order valence-electron chi connectivity index (χ2n) is 5.91. The summed E-state index contributed by atoms with van der Waals surface area (Å²) >= 11 is 0. The molecule has 0 saturated carbocycles. The lowest BCUT2D eigenvalue weighted by atomic mass is 10.1. The van der Waals surface area contributed by atoms with Gasteiger partial charge in [-0.2, -0.15) is 0 Å². The number of halogens is 1. The monoisotopic (exact) mass is 332 g/mol. The second-order valence-corrected chi connectivity index (χ2v) is 5.91. The number of benzene rings is 2. The van der Waals surface area contributed by atoms with E-state index in [4.69, 9.17) is 0 Å². The van der Waals surface area contributed by atoms with E-state index in [9.17, 15) is 4.39 Å². The van der Waals surface area contributed by atoms with Gasteiger partial charge in [-0.3, -0.25) is 0 Å². The van der Waals surface area contributed by atoms with Crippen LogP contribution < -0.4 is 0 Å². The molecule has 2 aromatic carbocycles. The van der Waals surface area contributed by atoms with Gasteiger partial charge in [0.15, 0.2) is 0 Å². The van der Waals surface area contributed by atoms with Gasteiger partial charge in [0.1, 0.15) is 5.82 Å². The van der Waals surface area contributed by atoms with Crippen LogP contribution in [0.3, 0.4) is 0 Å². The Morgan fingerprint density at radius 2 is 1.80 bits per heavy atom. The molecule has 4 nitrogen and oxygen atoms in total. The molecule has 1 N–H and O–H groups in total. The van der Waals surface area contributed by atoms with Crippen LogP contribution >= 0.6 is 0 Å². The van der Waals surface area contributed by atoms with Crippen molar-refractivity contribution < 1.29 is 4.39 Å². The first-order valence-corrected chi connectivity index (χ1v) is 8.10. The number of H-pyrrole nitrogens is 1. The first-order chi connectivity index (χ1) is 12.2. The highest BCUT2D eigenvalue weighted by Gasteiger charge is 2.20. The summed E-state index contributed by atoms with van der Waals surface area (Å²) in [4.78, 5) is 12.0. The van der Waals surface area contributed by atoms with Crippen molar-refractivity contribution in [3.63, 3.8) is 0 Å². The van der Waals surface area contributed by atoms with E-state index in [2.05, 4.69) is 26.4 Å². The first-order valence-electron chi connectivity index (χ1n) is 8.10. The van der Waals surface area contributed by atoms with Gasteiger partial charge in [0.2, 0.25) is 0 Å². The van der Waals surface area contributed by atoms with Gasteiger partial charge in [-0.15, -0.1) is 0 Å². The Morgan fingerprint density at radius 1 is 1.04 bits per heavy atom. The minimum atomic E-state index is -0.236. The number of imidazole rings is 2. The lowest BCUT2D eigenvalue weighted by Gasteiger charge is -2.17. The largest absolute Gasteiger partial charge is 0.343 e. The summed E-state index contributed by atoms with van der Waals surface area (Å²) in [5.74, 6) is -0.236. The molecule has 0 unspecified atom stereocenters. The van der Waals surface area contributed by atoms with Crippen LogP contribution in [0.2, 0.25) is 0 Å². The Labute approximate surface area is 145 Å². The van der Waals surface area contributed by atoms with E-state index in [1.165, 1.54) is 12.1 Å². The van der Waals surface area contributed by atoms with Gasteiger partial charge in [-0.05, 0) is 24.6 Å². The van der Waals surface area contributed by atoms with Crippen molar-refractivity contribution in [3.8, 4) is 22.6 Å². The standard InChI is InChI=1S/C20H17FN4/c1-14(15-7-9-17(21)10-8-15)25-13-24-19(16-5-3-2-4-6-16)20(25)18-11-22-12-23-18/h2-14H,1H3,(H,22,23)/t14-/m1/s1.